The highest BCUT2D eigenvalue weighted by Crippen LogP contribution is 1.96. The van der Waals surface area contributed by atoms with Gasteiger partial charge >= 0.3 is 0 Å². The van der Waals surface area contributed by atoms with E-state index in [1.807, 2.05) is 0 Å². The lowest BCUT2D eigenvalue weighted by Crippen LogP contribution is -1.76. The van der Waals surface area contributed by atoms with E-state index in [0.29, 0.717) is 11.6 Å². The highest BCUT2D eigenvalue weighted by atomic mass is 35.5. The van der Waals surface area contributed by atoms with Gasteiger partial charge in [0, 0.05) is 12.6 Å². The zero-order valence-corrected chi connectivity index (χ0v) is 3.81. The van der Waals surface area contributed by atoms with Crippen molar-refractivity contribution in [2.24, 2.45) is 10.2 Å². The molecule has 2 nitrogen and oxygen atoms in total. The van der Waals surface area contributed by atoms with E-state index in [0.717, 1.165) is 0 Å². The molecule has 0 aromatic rings. The summed E-state index contributed by atoms with van der Waals surface area (Å²) in [6, 6.07) is 0. The van der Waals surface area contributed by atoms with Crippen LogP contribution < -0.4 is 0 Å². The van der Waals surface area contributed by atoms with E-state index >= 15 is 0 Å². The summed E-state index contributed by atoms with van der Waals surface area (Å²) in [5.74, 6) is 0. The van der Waals surface area contributed by atoms with Gasteiger partial charge in [0.25, 0.3) is 0 Å². The Hall–Kier alpha value is -0.370. The number of nitrogens with zero attached hydrogens (tertiary/aromatic N) is 2. The van der Waals surface area contributed by atoms with Crippen LogP contribution in [0.2, 0.25) is 0 Å². The van der Waals surface area contributed by atoms with E-state index < -0.39 is 0 Å². The molecule has 0 N–H and O–H groups in total. The molecule has 0 amide bonds. The van der Waals surface area contributed by atoms with Gasteiger partial charge in [0.15, 0.2) is 0 Å². The van der Waals surface area contributed by atoms with Crippen LogP contribution in [0.4, 0.5) is 0 Å². The average molecular weight is 103 g/mol. The number of hydrogen-bond acceptors (Lipinski definition) is 2. The van der Waals surface area contributed by atoms with Crippen molar-refractivity contribution in [3.63, 3.8) is 0 Å². The number of rotatable bonds is 0. The van der Waals surface area contributed by atoms with Gasteiger partial charge < -0.3 is 0 Å². The van der Waals surface area contributed by atoms with Crippen molar-refractivity contribution in [2.75, 3.05) is 0 Å². The van der Waals surface area contributed by atoms with Crippen molar-refractivity contribution in [3.05, 3.63) is 0 Å². The third-order valence-electron chi connectivity index (χ3n) is 0.508. The van der Waals surface area contributed by atoms with Crippen molar-refractivity contribution in [1.82, 2.24) is 0 Å². The minimum atomic E-state index is 0.579. The second-order valence-electron chi connectivity index (χ2n) is 0.978. The normalized spacial score (nSPS) is 18.5. The maximum atomic E-state index is 5.34. The fourth-order valence-electron chi connectivity index (χ4n) is 0.260. The third kappa shape index (κ3) is 0.571. The lowest BCUT2D eigenvalue weighted by Gasteiger charge is -1.69. The summed E-state index contributed by atoms with van der Waals surface area (Å²) < 4.78 is 0. The van der Waals surface area contributed by atoms with Crippen LogP contribution in [0.3, 0.4) is 0 Å². The maximum absolute atomic E-state index is 5.34. The van der Waals surface area contributed by atoms with Crippen molar-refractivity contribution in [3.8, 4) is 0 Å². The summed E-state index contributed by atoms with van der Waals surface area (Å²) >= 11 is 5.34. The first kappa shape index (κ1) is 3.81. The number of halogens is 1. The van der Waals surface area contributed by atoms with Crippen LogP contribution in [0.15, 0.2) is 10.2 Å². The van der Waals surface area contributed by atoms with E-state index in [-0.39, 0.29) is 0 Å². The van der Waals surface area contributed by atoms with E-state index in [2.05, 4.69) is 10.2 Å². The van der Waals surface area contributed by atoms with Crippen LogP contribution in [0.25, 0.3) is 0 Å². The van der Waals surface area contributed by atoms with Gasteiger partial charge in [-0.3, -0.25) is 0 Å². The van der Waals surface area contributed by atoms with E-state index in [1.165, 1.54) is 0 Å². The van der Waals surface area contributed by atoms with Gasteiger partial charge in [0.1, 0.15) is 5.17 Å². The van der Waals surface area contributed by atoms with Crippen molar-refractivity contribution in [2.45, 2.75) is 6.42 Å². The van der Waals surface area contributed by atoms with E-state index in [1.54, 1.807) is 6.21 Å². The minimum absolute atomic E-state index is 0.579. The molecule has 0 aromatic carbocycles. The first-order chi connectivity index (χ1) is 2.89. The Balaban J connectivity index is 2.61. The zero-order valence-electron chi connectivity index (χ0n) is 3.06. The predicted octanol–water partition coefficient (Wildman–Crippen LogP) is 1.01. The first-order valence-corrected chi connectivity index (χ1v) is 2.01. The topological polar surface area (TPSA) is 24.7 Å². The summed E-state index contributed by atoms with van der Waals surface area (Å²) in [5.41, 5.74) is 0. The Morgan fingerprint density at radius 3 is 2.83 bits per heavy atom. The molecule has 0 fully saturated rings. The monoisotopic (exact) mass is 102 g/mol. The Bertz CT molecular complexity index is 105. The van der Waals surface area contributed by atoms with Crippen molar-refractivity contribution >= 4 is 23.0 Å². The molecule has 0 atom stereocenters. The van der Waals surface area contributed by atoms with Crippen LogP contribution in [-0.4, -0.2) is 11.4 Å². The van der Waals surface area contributed by atoms with Crippen LogP contribution in [0, 0.1) is 0 Å². The van der Waals surface area contributed by atoms with E-state index in [4.69, 9.17) is 11.6 Å². The smallest absolute Gasteiger partial charge is 0.134 e. The molecular weight excluding hydrogens is 99.5 g/mol. The molecule has 0 aromatic heterocycles. The molecule has 0 spiro atoms. The molecule has 6 heavy (non-hydrogen) atoms. The highest BCUT2D eigenvalue weighted by Gasteiger charge is 1.93. The van der Waals surface area contributed by atoms with Gasteiger partial charge in [-0.15, -0.1) is 5.10 Å². The lowest BCUT2D eigenvalue weighted by molar-refractivity contribution is 1.29. The van der Waals surface area contributed by atoms with Crippen molar-refractivity contribution < 1.29 is 0 Å². The Morgan fingerprint density at radius 2 is 2.67 bits per heavy atom. The SMILES string of the molecule is ClC1=NN=CC1. The fraction of sp³-hybridized carbons (Fsp3) is 0.333. The van der Waals surface area contributed by atoms with Gasteiger partial charge in [0.05, 0.1) is 0 Å². The molecule has 32 valence electrons. The van der Waals surface area contributed by atoms with Crippen LogP contribution in [-0.2, 0) is 0 Å². The Labute approximate surface area is 40.5 Å². The quantitative estimate of drug-likeness (QED) is 0.436. The molecule has 1 aliphatic heterocycles. The van der Waals surface area contributed by atoms with Crippen LogP contribution >= 0.6 is 11.6 Å². The second kappa shape index (κ2) is 1.39. The summed E-state index contributed by atoms with van der Waals surface area (Å²) in [6.07, 6.45) is 2.38. The molecule has 1 aliphatic rings. The molecule has 1 rings (SSSR count). The summed E-state index contributed by atoms with van der Waals surface area (Å²) in [7, 11) is 0. The standard InChI is InChI=1S/C3H3ClN2/c4-3-1-2-5-6-3/h2H,1H2. The highest BCUT2D eigenvalue weighted by molar-refractivity contribution is 6.66. The molecule has 0 saturated carbocycles. The molecule has 0 unspecified atom stereocenters. The largest absolute Gasteiger partial charge is 0.162 e. The van der Waals surface area contributed by atoms with Gasteiger partial charge in [0.2, 0.25) is 0 Å². The molecule has 3 heteroatoms. The summed E-state index contributed by atoms with van der Waals surface area (Å²) in [6.45, 7) is 0. The molecular formula is C3H3ClN2. The second-order valence-corrected chi connectivity index (χ2v) is 1.41. The Kier molecular flexibility index (Phi) is 0.881. The zero-order chi connectivity index (χ0) is 4.41. The predicted molar refractivity (Wildman–Crippen MR) is 26.4 cm³/mol. The van der Waals surface area contributed by atoms with Gasteiger partial charge in [-0.05, 0) is 0 Å². The molecule has 0 aliphatic carbocycles. The maximum Gasteiger partial charge on any atom is 0.134 e. The average Bonchev–Trinajstić information content (AvgIpc) is 1.86. The van der Waals surface area contributed by atoms with E-state index in [9.17, 15) is 0 Å². The Morgan fingerprint density at radius 1 is 1.83 bits per heavy atom. The molecule has 1 heterocycles. The fourth-order valence-corrected chi connectivity index (χ4v) is 0.373. The van der Waals surface area contributed by atoms with Crippen molar-refractivity contribution in [1.29, 1.82) is 0 Å². The molecule has 0 bridgehead atoms. The third-order valence-corrected chi connectivity index (χ3v) is 0.738. The first-order valence-electron chi connectivity index (χ1n) is 1.63. The summed E-state index contributed by atoms with van der Waals surface area (Å²) in [5, 5.41) is 7.56. The van der Waals surface area contributed by atoms with Gasteiger partial charge in [-0.25, -0.2) is 0 Å². The van der Waals surface area contributed by atoms with Gasteiger partial charge in [-0.2, -0.15) is 5.10 Å². The van der Waals surface area contributed by atoms with Gasteiger partial charge in [-0.1, -0.05) is 11.6 Å². The minimum Gasteiger partial charge on any atom is -0.162 e. The molecule has 0 radical (unpaired) electrons. The molecule has 0 saturated heterocycles. The lowest BCUT2D eigenvalue weighted by atomic mass is 10.5. The summed E-state index contributed by atoms with van der Waals surface area (Å²) in [4.78, 5) is 0. The number of hydrogen-bond donors (Lipinski definition) is 0. The van der Waals surface area contributed by atoms with Crippen LogP contribution in [0.1, 0.15) is 6.42 Å². The van der Waals surface area contributed by atoms with Crippen LogP contribution in [0.5, 0.6) is 0 Å².